The van der Waals surface area contributed by atoms with Crippen LogP contribution in [-0.4, -0.2) is 76.9 Å². The summed E-state index contributed by atoms with van der Waals surface area (Å²) in [5.74, 6) is 1.30. The molecule has 0 aromatic carbocycles. The maximum absolute atomic E-state index is 12.8. The highest BCUT2D eigenvalue weighted by Gasteiger charge is 2.27. The van der Waals surface area contributed by atoms with Crippen LogP contribution in [0.2, 0.25) is 0 Å². The molecule has 11 heteroatoms. The van der Waals surface area contributed by atoms with Gasteiger partial charge in [0.25, 0.3) is 5.91 Å². The average Bonchev–Trinajstić information content (AvgIpc) is 3.33. The van der Waals surface area contributed by atoms with Crippen LogP contribution >= 0.6 is 0 Å². The summed E-state index contributed by atoms with van der Waals surface area (Å²) in [6.07, 6.45) is 6.09. The number of H-pyrrole nitrogens is 1. The van der Waals surface area contributed by atoms with Crippen molar-refractivity contribution in [2.45, 2.75) is 58.1 Å². The van der Waals surface area contributed by atoms with E-state index in [9.17, 15) is 4.79 Å². The number of nitrogens with zero attached hydrogens (tertiary/aromatic N) is 5. The van der Waals surface area contributed by atoms with Crippen LogP contribution in [0.15, 0.2) is 18.5 Å². The fourth-order valence-corrected chi connectivity index (χ4v) is 4.41. The number of hydrogen-bond acceptors (Lipinski definition) is 9. The highest BCUT2D eigenvalue weighted by molar-refractivity contribution is 5.91. The Bertz CT molecular complexity index is 1180. The fourth-order valence-electron chi connectivity index (χ4n) is 4.41. The Balaban J connectivity index is 1.54. The molecule has 1 fully saturated rings. The fraction of sp³-hybridized carbons (Fsp3) is 0.560. The molecule has 4 heterocycles. The standard InChI is InChI=1S/C25H35N7O4/c1-6-15(2)28-23(33)22-29-24(31-25(30-22)36-16(3)14-34-4)32-11-8-17(9-12-32)18-13-27-21-20(18)19(35-5)7-10-26-21/h7,10,13,15-17H,6,8-9,11-12,14H2,1-5H3,(H,26,27)(H,28,33)/t15-,16-/m1/s1. The molecule has 1 saturated heterocycles. The van der Waals surface area contributed by atoms with E-state index in [2.05, 4.69) is 35.1 Å². The van der Waals surface area contributed by atoms with Gasteiger partial charge >= 0.3 is 6.01 Å². The molecule has 0 spiro atoms. The summed E-state index contributed by atoms with van der Waals surface area (Å²) in [6, 6.07) is 2.01. The quantitative estimate of drug-likeness (QED) is 0.434. The largest absolute Gasteiger partial charge is 0.496 e. The summed E-state index contributed by atoms with van der Waals surface area (Å²) in [5.41, 5.74) is 2.03. The van der Waals surface area contributed by atoms with Crippen LogP contribution in [0.3, 0.4) is 0 Å². The summed E-state index contributed by atoms with van der Waals surface area (Å²) in [6.45, 7) is 7.64. The van der Waals surface area contributed by atoms with Gasteiger partial charge in [-0.1, -0.05) is 6.92 Å². The van der Waals surface area contributed by atoms with Gasteiger partial charge < -0.3 is 29.4 Å². The lowest BCUT2D eigenvalue weighted by atomic mass is 9.89. The van der Waals surface area contributed by atoms with Gasteiger partial charge in [-0.15, -0.1) is 0 Å². The Hall–Kier alpha value is -3.47. The van der Waals surface area contributed by atoms with Gasteiger partial charge in [0.2, 0.25) is 11.8 Å². The number of rotatable bonds is 10. The van der Waals surface area contributed by atoms with E-state index < -0.39 is 0 Å². The van der Waals surface area contributed by atoms with Crippen LogP contribution in [0, 0.1) is 0 Å². The first-order chi connectivity index (χ1) is 17.4. The molecule has 2 atom stereocenters. The van der Waals surface area contributed by atoms with Crippen LogP contribution in [-0.2, 0) is 4.74 Å². The normalized spacial score (nSPS) is 16.1. The third-order valence-electron chi connectivity index (χ3n) is 6.51. The third-order valence-corrected chi connectivity index (χ3v) is 6.51. The van der Waals surface area contributed by atoms with Gasteiger partial charge in [0.15, 0.2) is 0 Å². The number of piperidine rings is 1. The number of anilines is 1. The van der Waals surface area contributed by atoms with Crippen molar-refractivity contribution >= 4 is 22.9 Å². The molecule has 36 heavy (non-hydrogen) atoms. The first-order valence-corrected chi connectivity index (χ1v) is 12.4. The smallest absolute Gasteiger partial charge is 0.322 e. The van der Waals surface area contributed by atoms with Crippen molar-refractivity contribution in [1.29, 1.82) is 0 Å². The Morgan fingerprint density at radius 1 is 1.22 bits per heavy atom. The number of hydrogen-bond donors (Lipinski definition) is 2. The molecule has 0 radical (unpaired) electrons. The maximum atomic E-state index is 12.8. The molecule has 1 amide bonds. The second kappa shape index (κ2) is 11.5. The number of nitrogens with one attached hydrogen (secondary N) is 2. The first-order valence-electron chi connectivity index (χ1n) is 12.4. The van der Waals surface area contributed by atoms with E-state index in [0.717, 1.165) is 49.1 Å². The highest BCUT2D eigenvalue weighted by Crippen LogP contribution is 2.37. The van der Waals surface area contributed by atoms with Crippen molar-refractivity contribution in [2.24, 2.45) is 0 Å². The second-order valence-corrected chi connectivity index (χ2v) is 9.15. The molecule has 11 nitrogen and oxygen atoms in total. The number of amides is 1. The molecule has 2 N–H and O–H groups in total. The molecule has 0 unspecified atom stereocenters. The van der Waals surface area contributed by atoms with Crippen molar-refractivity contribution < 1.29 is 19.0 Å². The van der Waals surface area contributed by atoms with E-state index in [0.29, 0.717) is 18.5 Å². The van der Waals surface area contributed by atoms with Crippen molar-refractivity contribution in [2.75, 3.05) is 38.8 Å². The van der Waals surface area contributed by atoms with E-state index in [1.165, 1.54) is 5.56 Å². The molecule has 3 aromatic heterocycles. The molecular weight excluding hydrogens is 462 g/mol. The summed E-state index contributed by atoms with van der Waals surface area (Å²) >= 11 is 0. The SMILES string of the molecule is CC[C@@H](C)NC(=O)c1nc(O[C@H](C)COC)nc(N2CCC(c3c[nH]c4nccc(OC)c34)CC2)n1. The van der Waals surface area contributed by atoms with Crippen LogP contribution < -0.4 is 19.7 Å². The van der Waals surface area contributed by atoms with Crippen molar-refractivity contribution in [1.82, 2.24) is 30.2 Å². The Morgan fingerprint density at radius 3 is 2.69 bits per heavy atom. The molecule has 1 aliphatic heterocycles. The van der Waals surface area contributed by atoms with E-state index >= 15 is 0 Å². The topological polar surface area (TPSA) is 127 Å². The number of aromatic amines is 1. The molecule has 194 valence electrons. The van der Waals surface area contributed by atoms with Gasteiger partial charge in [-0.05, 0) is 50.7 Å². The predicted molar refractivity (Wildman–Crippen MR) is 136 cm³/mol. The number of ether oxygens (including phenoxy) is 3. The molecule has 3 aromatic rings. The lowest BCUT2D eigenvalue weighted by Crippen LogP contribution is -2.37. The Labute approximate surface area is 211 Å². The number of aromatic nitrogens is 5. The number of carbonyl (C=O) groups excluding carboxylic acids is 1. The summed E-state index contributed by atoms with van der Waals surface area (Å²) in [5, 5.41) is 3.96. The minimum absolute atomic E-state index is 0.00731. The van der Waals surface area contributed by atoms with Crippen LogP contribution in [0.4, 0.5) is 5.95 Å². The minimum atomic E-state index is -0.342. The maximum Gasteiger partial charge on any atom is 0.322 e. The molecule has 1 aliphatic rings. The Kier molecular flexibility index (Phi) is 8.19. The van der Waals surface area contributed by atoms with Gasteiger partial charge in [0.1, 0.15) is 17.5 Å². The second-order valence-electron chi connectivity index (χ2n) is 9.15. The highest BCUT2D eigenvalue weighted by atomic mass is 16.5. The molecule has 4 rings (SSSR count). The molecule has 0 saturated carbocycles. The zero-order valence-electron chi connectivity index (χ0n) is 21.6. The zero-order chi connectivity index (χ0) is 25.7. The van der Waals surface area contributed by atoms with Crippen molar-refractivity contribution in [3.8, 4) is 11.8 Å². The van der Waals surface area contributed by atoms with E-state index in [4.69, 9.17) is 14.2 Å². The zero-order valence-corrected chi connectivity index (χ0v) is 21.6. The number of carbonyl (C=O) groups is 1. The third kappa shape index (κ3) is 5.67. The van der Waals surface area contributed by atoms with Crippen LogP contribution in [0.5, 0.6) is 11.8 Å². The van der Waals surface area contributed by atoms with Gasteiger partial charge in [-0.3, -0.25) is 4.79 Å². The summed E-state index contributed by atoms with van der Waals surface area (Å²) in [7, 11) is 3.28. The van der Waals surface area contributed by atoms with Gasteiger partial charge in [-0.2, -0.15) is 15.0 Å². The molecular formula is C25H35N7O4. The number of fused-ring (bicyclic) bond motifs is 1. The van der Waals surface area contributed by atoms with Crippen molar-refractivity contribution in [3.63, 3.8) is 0 Å². The van der Waals surface area contributed by atoms with Gasteiger partial charge in [0, 0.05) is 38.6 Å². The van der Waals surface area contributed by atoms with Crippen LogP contribution in [0.1, 0.15) is 62.1 Å². The predicted octanol–water partition coefficient (Wildman–Crippen LogP) is 3.08. The van der Waals surface area contributed by atoms with Gasteiger partial charge in [-0.25, -0.2) is 4.98 Å². The van der Waals surface area contributed by atoms with E-state index in [1.54, 1.807) is 20.4 Å². The first kappa shape index (κ1) is 25.6. The monoisotopic (exact) mass is 497 g/mol. The van der Waals surface area contributed by atoms with Gasteiger partial charge in [0.05, 0.1) is 19.1 Å². The molecule has 0 bridgehead atoms. The minimum Gasteiger partial charge on any atom is -0.496 e. The van der Waals surface area contributed by atoms with E-state index in [-0.39, 0.29) is 29.9 Å². The lowest BCUT2D eigenvalue weighted by molar-refractivity contribution is 0.0836. The molecule has 0 aliphatic carbocycles. The van der Waals surface area contributed by atoms with Crippen LogP contribution in [0.25, 0.3) is 11.0 Å². The van der Waals surface area contributed by atoms with E-state index in [1.807, 2.05) is 33.0 Å². The van der Waals surface area contributed by atoms with Crippen molar-refractivity contribution in [3.05, 3.63) is 29.8 Å². The Morgan fingerprint density at radius 2 is 2.00 bits per heavy atom. The average molecular weight is 498 g/mol. The lowest BCUT2D eigenvalue weighted by Gasteiger charge is -2.32. The number of methoxy groups -OCH3 is 2. The summed E-state index contributed by atoms with van der Waals surface area (Å²) in [4.78, 5) is 35.9. The number of pyridine rings is 1. The summed E-state index contributed by atoms with van der Waals surface area (Å²) < 4.78 is 16.6.